The second kappa shape index (κ2) is 8.24. The first-order valence-corrected chi connectivity index (χ1v) is 13.9. The van der Waals surface area contributed by atoms with Crippen molar-refractivity contribution in [3.05, 3.63) is 35.9 Å². The molecule has 31 heavy (non-hydrogen) atoms. The molecule has 0 unspecified atom stereocenters. The lowest BCUT2D eigenvalue weighted by atomic mass is 9.76. The van der Waals surface area contributed by atoms with Crippen molar-refractivity contribution >= 4 is 31.7 Å². The Morgan fingerprint density at radius 1 is 0.806 bits per heavy atom. The van der Waals surface area contributed by atoms with E-state index < -0.39 is 15.4 Å². The van der Waals surface area contributed by atoms with Crippen molar-refractivity contribution in [1.82, 2.24) is 0 Å². The molecule has 0 aliphatic carbocycles. The van der Waals surface area contributed by atoms with Crippen LogP contribution in [0.15, 0.2) is 30.3 Å². The lowest BCUT2D eigenvalue weighted by Crippen LogP contribution is -2.51. The molecule has 2 aromatic rings. The molecule has 0 N–H and O–H groups in total. The SMILES string of the molecule is Cc1ccc2c(B3OC(C)(C)C(C)(C)O3)cc(O[Si](C(C)C)(C(C)C)C(C)C)cc2c1. The molecule has 1 aliphatic heterocycles. The van der Waals surface area contributed by atoms with Crippen molar-refractivity contribution in [2.24, 2.45) is 0 Å². The van der Waals surface area contributed by atoms with E-state index in [-0.39, 0.29) is 11.2 Å². The zero-order valence-electron chi connectivity index (χ0n) is 21.4. The molecule has 2 aromatic carbocycles. The third-order valence-corrected chi connectivity index (χ3v) is 13.6. The molecule has 1 aliphatic rings. The fourth-order valence-electron chi connectivity index (χ4n) is 5.27. The number of hydrogen-bond acceptors (Lipinski definition) is 3. The van der Waals surface area contributed by atoms with Gasteiger partial charge in [0.05, 0.1) is 11.2 Å². The predicted molar refractivity (Wildman–Crippen MR) is 136 cm³/mol. The highest BCUT2D eigenvalue weighted by Crippen LogP contribution is 2.43. The van der Waals surface area contributed by atoms with Crippen LogP contribution < -0.4 is 9.89 Å². The Morgan fingerprint density at radius 3 is 1.81 bits per heavy atom. The van der Waals surface area contributed by atoms with Gasteiger partial charge in [-0.2, -0.15) is 0 Å². The van der Waals surface area contributed by atoms with Gasteiger partial charge in [0.25, 0.3) is 8.32 Å². The van der Waals surface area contributed by atoms with Gasteiger partial charge in [-0.25, -0.2) is 0 Å². The standard InChI is InChI=1S/C26H41BO3Si/c1-17(2)31(18(3)4,19(5)6)28-22-15-21-14-20(7)12-13-23(21)24(16-22)27-29-25(8,9)26(10,11)30-27/h12-19H,1-11H3. The van der Waals surface area contributed by atoms with E-state index in [9.17, 15) is 0 Å². The number of rotatable bonds is 6. The van der Waals surface area contributed by atoms with Crippen molar-refractivity contribution in [3.63, 3.8) is 0 Å². The van der Waals surface area contributed by atoms with Crippen LogP contribution in [0.1, 0.15) is 74.8 Å². The number of aryl methyl sites for hydroxylation is 1. The fourth-order valence-corrected chi connectivity index (χ4v) is 10.5. The van der Waals surface area contributed by atoms with Crippen LogP contribution in [-0.4, -0.2) is 26.6 Å². The van der Waals surface area contributed by atoms with Crippen LogP contribution in [0.4, 0.5) is 0 Å². The molecule has 3 nitrogen and oxygen atoms in total. The molecule has 1 fully saturated rings. The normalized spacial score (nSPS) is 18.6. The molecule has 0 atom stereocenters. The molecule has 3 rings (SSSR count). The summed E-state index contributed by atoms with van der Waals surface area (Å²) >= 11 is 0. The topological polar surface area (TPSA) is 27.7 Å². The van der Waals surface area contributed by atoms with E-state index in [1.807, 2.05) is 0 Å². The minimum absolute atomic E-state index is 0.377. The first-order chi connectivity index (χ1) is 14.2. The molecule has 0 bridgehead atoms. The molecule has 0 saturated carbocycles. The van der Waals surface area contributed by atoms with Gasteiger partial charge in [-0.15, -0.1) is 0 Å². The fraction of sp³-hybridized carbons (Fsp3) is 0.615. The Labute approximate surface area is 191 Å². The van der Waals surface area contributed by atoms with E-state index in [1.54, 1.807) is 0 Å². The molecule has 0 aromatic heterocycles. The van der Waals surface area contributed by atoms with E-state index in [0.29, 0.717) is 16.6 Å². The molecular formula is C26H41BO3Si. The molecule has 1 saturated heterocycles. The summed E-state index contributed by atoms with van der Waals surface area (Å²) in [6.45, 7) is 24.5. The van der Waals surface area contributed by atoms with Crippen LogP contribution in [-0.2, 0) is 9.31 Å². The maximum absolute atomic E-state index is 7.07. The van der Waals surface area contributed by atoms with Crippen LogP contribution in [0.5, 0.6) is 5.75 Å². The van der Waals surface area contributed by atoms with Gasteiger partial charge in [-0.3, -0.25) is 0 Å². The zero-order chi connectivity index (χ0) is 23.4. The molecule has 0 radical (unpaired) electrons. The first kappa shape index (κ1) is 24.3. The third-order valence-electron chi connectivity index (χ3n) is 7.62. The number of hydrogen-bond donors (Lipinski definition) is 0. The summed E-state index contributed by atoms with van der Waals surface area (Å²) in [7, 11) is -2.48. The van der Waals surface area contributed by atoms with Crippen LogP contribution in [0.25, 0.3) is 10.8 Å². The van der Waals surface area contributed by atoms with Crippen LogP contribution >= 0.6 is 0 Å². The van der Waals surface area contributed by atoms with Crippen LogP contribution in [0.2, 0.25) is 16.6 Å². The van der Waals surface area contributed by atoms with Crippen LogP contribution in [0, 0.1) is 6.92 Å². The van der Waals surface area contributed by atoms with Crippen molar-refractivity contribution in [3.8, 4) is 5.75 Å². The van der Waals surface area contributed by atoms with Crippen molar-refractivity contribution < 1.29 is 13.7 Å². The molecular weight excluding hydrogens is 399 g/mol. The van der Waals surface area contributed by atoms with Gasteiger partial charge in [0.2, 0.25) is 0 Å². The lowest BCUT2D eigenvalue weighted by Gasteiger charge is -2.42. The Hall–Kier alpha value is -1.30. The Balaban J connectivity index is 2.17. The lowest BCUT2D eigenvalue weighted by molar-refractivity contribution is 0.00578. The summed E-state index contributed by atoms with van der Waals surface area (Å²) < 4.78 is 20.0. The third kappa shape index (κ3) is 4.21. The molecule has 0 amide bonds. The number of fused-ring (bicyclic) bond motifs is 1. The van der Waals surface area contributed by atoms with E-state index in [1.165, 1.54) is 16.3 Å². The minimum atomic E-state index is -2.07. The second-order valence-corrected chi connectivity index (χ2v) is 16.6. The van der Waals surface area contributed by atoms with Gasteiger partial charge in [-0.05, 0) is 79.6 Å². The van der Waals surface area contributed by atoms with Gasteiger partial charge in [0.1, 0.15) is 5.75 Å². The minimum Gasteiger partial charge on any atom is -0.543 e. The summed E-state index contributed by atoms with van der Waals surface area (Å²) in [5, 5.41) is 2.35. The van der Waals surface area contributed by atoms with E-state index in [0.717, 1.165) is 11.2 Å². The van der Waals surface area contributed by atoms with Gasteiger partial charge >= 0.3 is 7.12 Å². The van der Waals surface area contributed by atoms with Gasteiger partial charge in [0, 0.05) is 0 Å². The average Bonchev–Trinajstić information content (AvgIpc) is 2.85. The van der Waals surface area contributed by atoms with Crippen molar-refractivity contribution in [2.75, 3.05) is 0 Å². The molecule has 170 valence electrons. The van der Waals surface area contributed by atoms with Crippen LogP contribution in [0.3, 0.4) is 0 Å². The molecule has 0 spiro atoms. The summed E-state index contributed by atoms with van der Waals surface area (Å²) in [4.78, 5) is 0. The Morgan fingerprint density at radius 2 is 1.32 bits per heavy atom. The van der Waals surface area contributed by atoms with Crippen molar-refractivity contribution in [1.29, 1.82) is 0 Å². The number of benzene rings is 2. The highest BCUT2D eigenvalue weighted by Gasteiger charge is 2.52. The quantitative estimate of drug-likeness (QED) is 0.453. The maximum Gasteiger partial charge on any atom is 0.495 e. The maximum atomic E-state index is 7.07. The summed E-state index contributed by atoms with van der Waals surface area (Å²) in [6.07, 6.45) is 0. The second-order valence-electron chi connectivity index (χ2n) is 11.2. The van der Waals surface area contributed by atoms with Gasteiger partial charge in [-0.1, -0.05) is 65.3 Å². The van der Waals surface area contributed by atoms with E-state index >= 15 is 0 Å². The van der Waals surface area contributed by atoms with Gasteiger partial charge in [0.15, 0.2) is 0 Å². The van der Waals surface area contributed by atoms with E-state index in [2.05, 4.69) is 106 Å². The summed E-state index contributed by atoms with van der Waals surface area (Å²) in [5.41, 5.74) is 3.09. The van der Waals surface area contributed by atoms with Crippen molar-refractivity contribution in [2.45, 2.75) is 104 Å². The first-order valence-electron chi connectivity index (χ1n) is 11.8. The molecule has 5 heteroatoms. The molecule has 1 heterocycles. The van der Waals surface area contributed by atoms with Gasteiger partial charge < -0.3 is 13.7 Å². The predicted octanol–water partition coefficient (Wildman–Crippen LogP) is 7.00. The largest absolute Gasteiger partial charge is 0.543 e. The smallest absolute Gasteiger partial charge is 0.495 e. The monoisotopic (exact) mass is 440 g/mol. The average molecular weight is 441 g/mol. The Kier molecular flexibility index (Phi) is 6.47. The summed E-state index contributed by atoms with van der Waals surface area (Å²) in [5.74, 6) is 0.950. The zero-order valence-corrected chi connectivity index (χ0v) is 22.4. The summed E-state index contributed by atoms with van der Waals surface area (Å²) in [6, 6.07) is 11.0. The highest BCUT2D eigenvalue weighted by molar-refractivity contribution is 6.78. The Bertz CT molecular complexity index is 911. The van der Waals surface area contributed by atoms with E-state index in [4.69, 9.17) is 13.7 Å². The highest BCUT2D eigenvalue weighted by atomic mass is 28.4.